The van der Waals surface area contributed by atoms with Gasteiger partial charge in [-0.05, 0) is 44.2 Å². The molecule has 0 saturated heterocycles. The summed E-state index contributed by atoms with van der Waals surface area (Å²) in [6.45, 7) is 0.725. The van der Waals surface area contributed by atoms with E-state index in [1.165, 1.54) is 29.2 Å². The molecule has 152 valence electrons. The summed E-state index contributed by atoms with van der Waals surface area (Å²) in [6.07, 6.45) is 0. The SMILES string of the molecule is CC(C)N(Cc1nnc(-c2ccccc2Cl)o1)C(=O)c1cccc(OC(F)F)c1. The molecule has 0 radical (unpaired) electrons. The van der Waals surface area contributed by atoms with E-state index in [1.54, 1.807) is 24.3 Å². The number of ether oxygens (including phenoxy) is 1. The highest BCUT2D eigenvalue weighted by atomic mass is 35.5. The number of aromatic nitrogens is 2. The van der Waals surface area contributed by atoms with Gasteiger partial charge in [0.2, 0.25) is 11.8 Å². The molecule has 0 aliphatic carbocycles. The fourth-order valence-electron chi connectivity index (χ4n) is 2.67. The standard InChI is InChI=1S/C20H18ClF2N3O3/c1-12(2)26(19(27)13-6-5-7-14(10-13)28-20(22)23)11-17-24-25-18(29-17)15-8-3-4-9-16(15)21/h3-10,12,20H,11H2,1-2H3. The van der Waals surface area contributed by atoms with Crippen molar-refractivity contribution in [3.05, 3.63) is 65.0 Å². The van der Waals surface area contributed by atoms with Crippen molar-refractivity contribution in [2.45, 2.75) is 33.0 Å². The van der Waals surface area contributed by atoms with Gasteiger partial charge < -0.3 is 14.1 Å². The van der Waals surface area contributed by atoms with E-state index in [0.29, 0.717) is 10.6 Å². The van der Waals surface area contributed by atoms with Gasteiger partial charge in [-0.2, -0.15) is 8.78 Å². The van der Waals surface area contributed by atoms with E-state index in [0.717, 1.165) is 0 Å². The maximum absolute atomic E-state index is 12.9. The van der Waals surface area contributed by atoms with Crippen LogP contribution < -0.4 is 4.74 Å². The van der Waals surface area contributed by atoms with Gasteiger partial charge in [0.15, 0.2) is 0 Å². The molecule has 1 aromatic heterocycles. The minimum atomic E-state index is -2.97. The highest BCUT2D eigenvalue weighted by molar-refractivity contribution is 6.33. The summed E-state index contributed by atoms with van der Waals surface area (Å²) in [5.41, 5.74) is 0.801. The Morgan fingerprint density at radius 3 is 2.62 bits per heavy atom. The molecule has 9 heteroatoms. The van der Waals surface area contributed by atoms with Crippen LogP contribution in [0.25, 0.3) is 11.5 Å². The summed E-state index contributed by atoms with van der Waals surface area (Å²) in [6, 6.07) is 12.5. The van der Waals surface area contributed by atoms with Crippen molar-refractivity contribution in [1.29, 1.82) is 0 Å². The van der Waals surface area contributed by atoms with Gasteiger partial charge in [0, 0.05) is 11.6 Å². The number of amides is 1. The molecule has 0 bridgehead atoms. The smallest absolute Gasteiger partial charge is 0.387 e. The Hall–Kier alpha value is -3.00. The number of hydrogen-bond acceptors (Lipinski definition) is 5. The van der Waals surface area contributed by atoms with Crippen molar-refractivity contribution < 1.29 is 22.7 Å². The van der Waals surface area contributed by atoms with Gasteiger partial charge in [0.1, 0.15) is 5.75 Å². The third-order valence-corrected chi connectivity index (χ3v) is 4.40. The van der Waals surface area contributed by atoms with Gasteiger partial charge in [-0.1, -0.05) is 29.8 Å². The summed E-state index contributed by atoms with van der Waals surface area (Å²) < 4.78 is 34.9. The Morgan fingerprint density at radius 1 is 1.17 bits per heavy atom. The predicted octanol–water partition coefficient (Wildman–Crippen LogP) is 5.04. The summed E-state index contributed by atoms with van der Waals surface area (Å²) in [5.74, 6) is 0.00148. The van der Waals surface area contributed by atoms with Gasteiger partial charge in [0.25, 0.3) is 5.91 Å². The topological polar surface area (TPSA) is 68.5 Å². The molecule has 0 aliphatic heterocycles. The zero-order chi connectivity index (χ0) is 21.0. The molecule has 6 nitrogen and oxygen atoms in total. The minimum absolute atomic E-state index is 0.0495. The average Bonchev–Trinajstić information content (AvgIpc) is 3.14. The Balaban J connectivity index is 1.81. The van der Waals surface area contributed by atoms with Gasteiger partial charge in [0.05, 0.1) is 17.1 Å². The van der Waals surface area contributed by atoms with E-state index in [1.807, 2.05) is 13.8 Å². The van der Waals surface area contributed by atoms with Crippen LogP contribution in [0.15, 0.2) is 52.9 Å². The second kappa shape index (κ2) is 9.00. The lowest BCUT2D eigenvalue weighted by Crippen LogP contribution is -2.36. The average molecular weight is 422 g/mol. The number of nitrogens with zero attached hydrogens (tertiary/aromatic N) is 3. The Labute approximate surface area is 171 Å². The summed E-state index contributed by atoms with van der Waals surface area (Å²) in [4.78, 5) is 14.4. The maximum Gasteiger partial charge on any atom is 0.387 e. The molecule has 0 atom stereocenters. The van der Waals surface area contributed by atoms with Crippen molar-refractivity contribution in [3.8, 4) is 17.2 Å². The highest BCUT2D eigenvalue weighted by Crippen LogP contribution is 2.27. The molecule has 0 unspecified atom stereocenters. The molecule has 3 rings (SSSR count). The first kappa shape index (κ1) is 20.7. The lowest BCUT2D eigenvalue weighted by molar-refractivity contribution is -0.0499. The number of benzene rings is 2. The fourth-order valence-corrected chi connectivity index (χ4v) is 2.88. The predicted molar refractivity (Wildman–Crippen MR) is 103 cm³/mol. The lowest BCUT2D eigenvalue weighted by Gasteiger charge is -2.25. The molecule has 1 amide bonds. The Bertz CT molecular complexity index is 994. The number of carbonyl (C=O) groups excluding carboxylic acids is 1. The van der Waals surface area contributed by atoms with Crippen molar-refractivity contribution in [2.75, 3.05) is 0 Å². The van der Waals surface area contributed by atoms with E-state index in [-0.39, 0.29) is 41.6 Å². The van der Waals surface area contributed by atoms with Crippen molar-refractivity contribution in [3.63, 3.8) is 0 Å². The number of halogens is 3. The van der Waals surface area contributed by atoms with E-state index in [4.69, 9.17) is 16.0 Å². The molecule has 0 saturated carbocycles. The Kier molecular flexibility index (Phi) is 6.43. The molecule has 0 N–H and O–H groups in total. The number of alkyl halides is 2. The molecule has 1 heterocycles. The van der Waals surface area contributed by atoms with Crippen LogP contribution in [-0.4, -0.2) is 33.7 Å². The Morgan fingerprint density at radius 2 is 1.93 bits per heavy atom. The van der Waals surface area contributed by atoms with E-state index in [9.17, 15) is 13.6 Å². The molecular weight excluding hydrogens is 404 g/mol. The quantitative estimate of drug-likeness (QED) is 0.534. The number of carbonyl (C=O) groups is 1. The van der Waals surface area contributed by atoms with Crippen LogP contribution in [-0.2, 0) is 6.54 Å². The summed E-state index contributed by atoms with van der Waals surface area (Å²) in [5, 5.41) is 8.46. The largest absolute Gasteiger partial charge is 0.435 e. The van der Waals surface area contributed by atoms with Crippen molar-refractivity contribution >= 4 is 17.5 Å². The maximum atomic E-state index is 12.9. The zero-order valence-corrected chi connectivity index (χ0v) is 16.4. The molecular formula is C20H18ClF2N3O3. The lowest BCUT2D eigenvalue weighted by atomic mass is 10.1. The van der Waals surface area contributed by atoms with Crippen LogP contribution in [0.5, 0.6) is 5.75 Å². The first-order chi connectivity index (χ1) is 13.8. The monoisotopic (exact) mass is 421 g/mol. The summed E-state index contributed by atoms with van der Waals surface area (Å²) in [7, 11) is 0. The summed E-state index contributed by atoms with van der Waals surface area (Å²) >= 11 is 6.15. The third-order valence-electron chi connectivity index (χ3n) is 4.07. The fraction of sp³-hybridized carbons (Fsp3) is 0.250. The van der Waals surface area contributed by atoms with Crippen molar-refractivity contribution in [2.24, 2.45) is 0 Å². The van der Waals surface area contributed by atoms with Gasteiger partial charge in [-0.3, -0.25) is 4.79 Å². The number of hydrogen-bond donors (Lipinski definition) is 0. The highest BCUT2D eigenvalue weighted by Gasteiger charge is 2.23. The second-order valence-electron chi connectivity index (χ2n) is 6.41. The van der Waals surface area contributed by atoms with Crippen LogP contribution >= 0.6 is 11.6 Å². The van der Waals surface area contributed by atoms with E-state index in [2.05, 4.69) is 14.9 Å². The third kappa shape index (κ3) is 5.08. The van der Waals surface area contributed by atoms with Crippen molar-refractivity contribution in [1.82, 2.24) is 15.1 Å². The van der Waals surface area contributed by atoms with Gasteiger partial charge in [-0.15, -0.1) is 10.2 Å². The zero-order valence-electron chi connectivity index (χ0n) is 15.7. The van der Waals surface area contributed by atoms with Gasteiger partial charge >= 0.3 is 6.61 Å². The van der Waals surface area contributed by atoms with Crippen LogP contribution in [0.1, 0.15) is 30.1 Å². The van der Waals surface area contributed by atoms with Gasteiger partial charge in [-0.25, -0.2) is 0 Å². The molecule has 3 aromatic rings. The molecule has 0 aliphatic rings. The first-order valence-electron chi connectivity index (χ1n) is 8.78. The van der Waals surface area contributed by atoms with Crippen LogP contribution in [0.3, 0.4) is 0 Å². The van der Waals surface area contributed by atoms with Crippen LogP contribution in [0.2, 0.25) is 5.02 Å². The minimum Gasteiger partial charge on any atom is -0.435 e. The number of rotatable bonds is 7. The normalized spacial score (nSPS) is 11.1. The van der Waals surface area contributed by atoms with Crippen LogP contribution in [0, 0.1) is 0 Å². The molecule has 29 heavy (non-hydrogen) atoms. The second-order valence-corrected chi connectivity index (χ2v) is 6.82. The van der Waals surface area contributed by atoms with Crippen LogP contribution in [0.4, 0.5) is 8.78 Å². The molecule has 0 spiro atoms. The molecule has 2 aromatic carbocycles. The molecule has 0 fully saturated rings. The first-order valence-corrected chi connectivity index (χ1v) is 9.16. The van der Waals surface area contributed by atoms with E-state index >= 15 is 0 Å². The van der Waals surface area contributed by atoms with E-state index < -0.39 is 6.61 Å².